The molecule has 226 valence electrons. The first-order valence-corrected chi connectivity index (χ1v) is 17.9. The summed E-state index contributed by atoms with van der Waals surface area (Å²) in [6, 6.07) is 17.0. The van der Waals surface area contributed by atoms with Crippen LogP contribution in [0.4, 0.5) is 21.2 Å². The van der Waals surface area contributed by atoms with Crippen molar-refractivity contribution in [2.24, 2.45) is 5.92 Å². The maximum atomic E-state index is 15.9. The van der Waals surface area contributed by atoms with Gasteiger partial charge in [0.15, 0.2) is 5.60 Å². The normalized spacial score (nSPS) is 24.5. The number of hydrogen-bond donors (Lipinski definition) is 1. The van der Waals surface area contributed by atoms with Crippen LogP contribution in [0.1, 0.15) is 48.5 Å². The van der Waals surface area contributed by atoms with Crippen LogP contribution in [0.5, 0.6) is 0 Å². The zero-order valence-corrected chi connectivity index (χ0v) is 25.9. The zero-order valence-electron chi connectivity index (χ0n) is 24.9. The Morgan fingerprint density at radius 3 is 2.53 bits per heavy atom. The van der Waals surface area contributed by atoms with Crippen molar-refractivity contribution in [2.75, 3.05) is 30.1 Å². The molecule has 0 unspecified atom stereocenters. The van der Waals surface area contributed by atoms with Crippen molar-refractivity contribution in [2.45, 2.75) is 62.9 Å². The fourth-order valence-corrected chi connectivity index (χ4v) is 10.1. The first-order valence-electron chi connectivity index (χ1n) is 14.9. The number of amides is 2. The van der Waals surface area contributed by atoms with Crippen LogP contribution >= 0.6 is 0 Å². The van der Waals surface area contributed by atoms with Crippen LogP contribution in [0, 0.1) is 5.92 Å². The standard InChI is InChI=1S/C33H37FN2O6Si/c1-20-30(43(3,4)34)27(16-18-37)42-33(20)24-19-22(14-15-25(24)35(32(33)40)17-6-5-13-28(38)41-2)36-26-12-8-10-21-9-7-11-23(29(21)26)31(36)39/h7-12,14-15,19-20,27,30,37H,5-6,13,16-18H2,1-4H3/t20-,27+,30-,33+/m1/s1. The summed E-state index contributed by atoms with van der Waals surface area (Å²) in [5.41, 5.74) is 1.26. The van der Waals surface area contributed by atoms with Crippen LogP contribution in [0.15, 0.2) is 54.6 Å². The molecule has 3 aromatic carbocycles. The number of ether oxygens (including phenoxy) is 2. The van der Waals surface area contributed by atoms with E-state index >= 15 is 4.11 Å². The van der Waals surface area contributed by atoms with Crippen molar-refractivity contribution in [3.63, 3.8) is 0 Å². The largest absolute Gasteiger partial charge is 0.469 e. The Morgan fingerprint density at radius 2 is 1.84 bits per heavy atom. The summed E-state index contributed by atoms with van der Waals surface area (Å²) in [6.07, 6.45) is 0.936. The van der Waals surface area contributed by atoms with Gasteiger partial charge >= 0.3 is 5.97 Å². The molecule has 1 spiro atoms. The molecule has 3 aliphatic heterocycles. The number of esters is 1. The SMILES string of the molecule is COC(=O)CCCCN1C(=O)[C@@]2(O[C@@H](CCO)[C@H]([Si](C)(C)F)[C@H]2C)c2cc(N3C(=O)c4cccc5cccc3c45)ccc21. The molecule has 1 N–H and O–H groups in total. The molecular formula is C33H37FN2O6Si. The lowest BCUT2D eigenvalue weighted by atomic mass is 9.82. The number of rotatable bonds is 9. The third-order valence-electron chi connectivity index (χ3n) is 9.41. The number of aliphatic hydroxyl groups excluding tert-OH is 1. The molecule has 0 radical (unpaired) electrons. The van der Waals surface area contributed by atoms with Gasteiger partial charge in [-0.2, -0.15) is 0 Å². The number of carbonyl (C=O) groups is 3. The van der Waals surface area contributed by atoms with E-state index in [-0.39, 0.29) is 37.2 Å². The predicted molar refractivity (Wildman–Crippen MR) is 165 cm³/mol. The van der Waals surface area contributed by atoms with E-state index in [9.17, 15) is 19.5 Å². The molecule has 1 saturated heterocycles. The smallest absolute Gasteiger partial charge is 0.305 e. The minimum atomic E-state index is -3.35. The molecule has 3 heterocycles. The molecule has 3 aromatic rings. The maximum absolute atomic E-state index is 15.9. The Kier molecular flexibility index (Phi) is 7.43. The molecular weight excluding hydrogens is 567 g/mol. The van der Waals surface area contributed by atoms with Gasteiger partial charge in [-0.25, -0.2) is 0 Å². The second-order valence-corrected chi connectivity index (χ2v) is 16.1. The summed E-state index contributed by atoms with van der Waals surface area (Å²) in [5, 5.41) is 11.7. The Labute approximate surface area is 251 Å². The summed E-state index contributed by atoms with van der Waals surface area (Å²) in [6.45, 7) is 5.30. The van der Waals surface area contributed by atoms with Gasteiger partial charge in [0.1, 0.15) is 0 Å². The lowest BCUT2D eigenvalue weighted by Gasteiger charge is -2.31. The molecule has 2 amide bonds. The number of unbranched alkanes of at least 4 members (excludes halogenated alkanes) is 1. The van der Waals surface area contributed by atoms with Gasteiger partial charge in [0.05, 0.1) is 30.2 Å². The number of benzene rings is 3. The van der Waals surface area contributed by atoms with E-state index < -0.39 is 31.6 Å². The third kappa shape index (κ3) is 4.49. The van der Waals surface area contributed by atoms with E-state index in [2.05, 4.69) is 0 Å². The van der Waals surface area contributed by atoms with Crippen molar-refractivity contribution in [1.82, 2.24) is 0 Å². The number of methoxy groups -OCH3 is 1. The van der Waals surface area contributed by atoms with E-state index in [0.29, 0.717) is 41.9 Å². The Hall–Kier alpha value is -3.60. The quantitative estimate of drug-likeness (QED) is 0.140. The number of fused-ring (bicyclic) bond motifs is 2. The Balaban J connectivity index is 1.45. The van der Waals surface area contributed by atoms with E-state index in [1.54, 1.807) is 22.9 Å². The van der Waals surface area contributed by atoms with Crippen LogP contribution in [0.25, 0.3) is 10.8 Å². The van der Waals surface area contributed by atoms with Gasteiger partial charge in [0, 0.05) is 47.7 Å². The maximum Gasteiger partial charge on any atom is 0.305 e. The van der Waals surface area contributed by atoms with Crippen molar-refractivity contribution in [3.8, 4) is 0 Å². The molecule has 43 heavy (non-hydrogen) atoms. The van der Waals surface area contributed by atoms with Gasteiger partial charge in [0.25, 0.3) is 11.8 Å². The molecule has 3 aliphatic rings. The summed E-state index contributed by atoms with van der Waals surface area (Å²) in [5.74, 6) is -1.24. The highest BCUT2D eigenvalue weighted by Gasteiger charge is 2.66. The number of carbonyl (C=O) groups excluding carboxylic acids is 3. The lowest BCUT2D eigenvalue weighted by Crippen LogP contribution is -2.45. The first-order chi connectivity index (χ1) is 20.5. The number of hydrogen-bond acceptors (Lipinski definition) is 6. The highest BCUT2D eigenvalue weighted by Crippen LogP contribution is 2.61. The predicted octanol–water partition coefficient (Wildman–Crippen LogP) is 5.98. The average molecular weight is 605 g/mol. The molecule has 1 fully saturated rings. The number of nitrogens with zero attached hydrogens (tertiary/aromatic N) is 2. The second-order valence-electron chi connectivity index (χ2n) is 12.3. The first kappa shape index (κ1) is 29.5. The molecule has 4 atom stereocenters. The topological polar surface area (TPSA) is 96.4 Å². The Morgan fingerprint density at radius 1 is 1.09 bits per heavy atom. The van der Waals surface area contributed by atoms with Gasteiger partial charge < -0.3 is 23.6 Å². The van der Waals surface area contributed by atoms with Gasteiger partial charge in [-0.3, -0.25) is 19.3 Å². The molecule has 10 heteroatoms. The van der Waals surface area contributed by atoms with Gasteiger partial charge in [-0.15, -0.1) is 0 Å². The van der Waals surface area contributed by atoms with E-state index in [4.69, 9.17) is 9.47 Å². The summed E-state index contributed by atoms with van der Waals surface area (Å²) in [7, 11) is -2.00. The molecule has 8 nitrogen and oxygen atoms in total. The van der Waals surface area contributed by atoms with Crippen LogP contribution in [-0.2, 0) is 24.7 Å². The minimum absolute atomic E-state index is 0.154. The fraction of sp³-hybridized carbons (Fsp3) is 0.424. The van der Waals surface area contributed by atoms with Crippen molar-refractivity contribution in [1.29, 1.82) is 0 Å². The van der Waals surface area contributed by atoms with Crippen molar-refractivity contribution in [3.05, 3.63) is 65.7 Å². The number of aliphatic hydroxyl groups is 1. The second kappa shape index (κ2) is 10.8. The lowest BCUT2D eigenvalue weighted by molar-refractivity contribution is -0.146. The van der Waals surface area contributed by atoms with E-state index in [1.807, 2.05) is 61.5 Å². The highest BCUT2D eigenvalue weighted by molar-refractivity contribution is 6.72. The van der Waals surface area contributed by atoms with Crippen LogP contribution in [0.2, 0.25) is 18.6 Å². The molecule has 0 aromatic heterocycles. The van der Waals surface area contributed by atoms with Crippen LogP contribution < -0.4 is 9.80 Å². The number of halogens is 1. The molecule has 6 rings (SSSR count). The van der Waals surface area contributed by atoms with E-state index in [0.717, 1.165) is 16.5 Å². The number of anilines is 3. The highest BCUT2D eigenvalue weighted by atomic mass is 28.4. The average Bonchev–Trinajstić information content (AvgIpc) is 3.53. The van der Waals surface area contributed by atoms with Gasteiger partial charge in [0.2, 0.25) is 8.41 Å². The van der Waals surface area contributed by atoms with E-state index in [1.165, 1.54) is 7.11 Å². The summed E-state index contributed by atoms with van der Waals surface area (Å²) >= 11 is 0. The molecule has 0 aliphatic carbocycles. The van der Waals surface area contributed by atoms with Crippen LogP contribution in [-0.4, -0.2) is 57.7 Å². The van der Waals surface area contributed by atoms with Crippen molar-refractivity contribution >= 4 is 54.0 Å². The molecule has 0 saturated carbocycles. The summed E-state index contributed by atoms with van der Waals surface area (Å²) in [4.78, 5) is 43.3. The molecule has 0 bridgehead atoms. The summed E-state index contributed by atoms with van der Waals surface area (Å²) < 4.78 is 27.3. The van der Waals surface area contributed by atoms with Gasteiger partial charge in [-0.05, 0) is 68.1 Å². The fourth-order valence-electron chi connectivity index (χ4n) is 7.61. The van der Waals surface area contributed by atoms with Crippen LogP contribution in [0.3, 0.4) is 0 Å². The minimum Gasteiger partial charge on any atom is -0.469 e. The van der Waals surface area contributed by atoms with Crippen molar-refractivity contribution < 1.29 is 33.1 Å². The third-order valence-corrected chi connectivity index (χ3v) is 11.9. The zero-order chi connectivity index (χ0) is 30.7. The van der Waals surface area contributed by atoms with Gasteiger partial charge in [-0.1, -0.05) is 31.2 Å². The Bertz CT molecular complexity index is 1620. The monoisotopic (exact) mass is 604 g/mol.